The van der Waals surface area contributed by atoms with Crippen LogP contribution in [0.2, 0.25) is 0 Å². The van der Waals surface area contributed by atoms with Crippen LogP contribution in [-0.4, -0.2) is 80.5 Å². The molecule has 2 aliphatic heterocycles. The van der Waals surface area contributed by atoms with Gasteiger partial charge >= 0.3 is 6.09 Å². The summed E-state index contributed by atoms with van der Waals surface area (Å²) in [7, 11) is 0. The zero-order chi connectivity index (χ0) is 13.7. The molecule has 0 aromatic heterocycles. The second-order valence-corrected chi connectivity index (χ2v) is 5.21. The molecule has 2 atom stereocenters. The highest BCUT2D eigenvalue weighted by molar-refractivity contribution is 5.67. The summed E-state index contributed by atoms with van der Waals surface area (Å²) >= 11 is 0. The van der Waals surface area contributed by atoms with Crippen molar-refractivity contribution >= 4 is 6.09 Å². The predicted molar refractivity (Wildman–Crippen MR) is 72.2 cm³/mol. The summed E-state index contributed by atoms with van der Waals surface area (Å²) in [5, 5.41) is 3.48. The first kappa shape index (κ1) is 14.6. The lowest BCUT2D eigenvalue weighted by atomic mass is 10.1. The van der Waals surface area contributed by atoms with Gasteiger partial charge in [-0.3, -0.25) is 4.90 Å². The number of carbonyl (C=O) groups excluding carboxylic acids is 1. The Morgan fingerprint density at radius 1 is 1.47 bits per heavy atom. The molecule has 0 bridgehead atoms. The van der Waals surface area contributed by atoms with E-state index in [1.54, 1.807) is 4.90 Å². The van der Waals surface area contributed by atoms with E-state index in [0.717, 1.165) is 45.9 Å². The van der Waals surface area contributed by atoms with E-state index >= 15 is 0 Å². The van der Waals surface area contributed by atoms with Gasteiger partial charge in [-0.1, -0.05) is 0 Å². The zero-order valence-electron chi connectivity index (χ0n) is 11.9. The van der Waals surface area contributed by atoms with Crippen LogP contribution in [-0.2, 0) is 9.47 Å². The van der Waals surface area contributed by atoms with Gasteiger partial charge in [0.15, 0.2) is 0 Å². The summed E-state index contributed by atoms with van der Waals surface area (Å²) in [5.74, 6) is 0. The van der Waals surface area contributed by atoms with E-state index in [0.29, 0.717) is 18.7 Å². The highest BCUT2D eigenvalue weighted by Crippen LogP contribution is 2.09. The molecule has 0 aromatic rings. The first-order chi connectivity index (χ1) is 9.20. The van der Waals surface area contributed by atoms with E-state index in [1.165, 1.54) is 0 Å². The van der Waals surface area contributed by atoms with Gasteiger partial charge in [0.05, 0.1) is 19.8 Å². The average Bonchev–Trinajstić information content (AvgIpc) is 2.42. The summed E-state index contributed by atoms with van der Waals surface area (Å²) in [5.41, 5.74) is 0. The number of piperazine rings is 1. The van der Waals surface area contributed by atoms with Crippen LogP contribution in [0.25, 0.3) is 0 Å². The number of morpholine rings is 1. The van der Waals surface area contributed by atoms with Crippen LogP contribution in [0.3, 0.4) is 0 Å². The fourth-order valence-electron chi connectivity index (χ4n) is 2.64. The van der Waals surface area contributed by atoms with Gasteiger partial charge in [0.1, 0.15) is 0 Å². The number of amides is 1. The van der Waals surface area contributed by atoms with Crippen molar-refractivity contribution in [2.75, 3.05) is 52.5 Å². The molecule has 2 heterocycles. The van der Waals surface area contributed by atoms with Gasteiger partial charge in [-0.15, -0.1) is 0 Å². The third-order valence-corrected chi connectivity index (χ3v) is 3.74. The maximum Gasteiger partial charge on any atom is 0.409 e. The van der Waals surface area contributed by atoms with E-state index in [-0.39, 0.29) is 6.09 Å². The Kier molecular flexibility index (Phi) is 5.42. The first-order valence-corrected chi connectivity index (χ1v) is 7.17. The lowest BCUT2D eigenvalue weighted by Gasteiger charge is -2.39. The summed E-state index contributed by atoms with van der Waals surface area (Å²) in [6.07, 6.45) is -0.191. The van der Waals surface area contributed by atoms with E-state index < -0.39 is 0 Å². The summed E-state index contributed by atoms with van der Waals surface area (Å²) in [4.78, 5) is 16.0. The quantitative estimate of drug-likeness (QED) is 0.791. The minimum Gasteiger partial charge on any atom is -0.450 e. The van der Waals surface area contributed by atoms with Crippen LogP contribution in [0.1, 0.15) is 13.8 Å². The van der Waals surface area contributed by atoms with Crippen LogP contribution < -0.4 is 5.32 Å². The van der Waals surface area contributed by atoms with Crippen LogP contribution in [0.4, 0.5) is 4.79 Å². The highest BCUT2D eigenvalue weighted by atomic mass is 16.6. The number of carbonyl (C=O) groups is 1. The molecule has 6 nitrogen and oxygen atoms in total. The Morgan fingerprint density at radius 2 is 2.32 bits per heavy atom. The third-order valence-electron chi connectivity index (χ3n) is 3.74. The lowest BCUT2D eigenvalue weighted by Crippen LogP contribution is -2.58. The van der Waals surface area contributed by atoms with Gasteiger partial charge in [0.25, 0.3) is 0 Å². The Morgan fingerprint density at radius 3 is 3.05 bits per heavy atom. The minimum absolute atomic E-state index is 0.191. The van der Waals surface area contributed by atoms with Crippen molar-refractivity contribution in [2.24, 2.45) is 0 Å². The standard InChI is InChI=1S/C13H25N3O3/c1-3-19-13(17)16-5-4-14-12(9-16)8-15-6-7-18-10-11(15)2/h11-12,14H,3-10H2,1-2H3/t11-,12?/m1/s1. The second-order valence-electron chi connectivity index (χ2n) is 5.21. The van der Waals surface area contributed by atoms with Crippen LogP contribution >= 0.6 is 0 Å². The smallest absolute Gasteiger partial charge is 0.409 e. The molecule has 2 rings (SSSR count). The van der Waals surface area contributed by atoms with Gasteiger partial charge in [-0.2, -0.15) is 0 Å². The van der Waals surface area contributed by atoms with Crippen LogP contribution in [0.15, 0.2) is 0 Å². The fourth-order valence-corrected chi connectivity index (χ4v) is 2.64. The van der Waals surface area contributed by atoms with E-state index in [4.69, 9.17) is 9.47 Å². The molecule has 110 valence electrons. The van der Waals surface area contributed by atoms with Gasteiger partial charge < -0.3 is 19.7 Å². The van der Waals surface area contributed by atoms with Crippen molar-refractivity contribution in [1.29, 1.82) is 0 Å². The number of rotatable bonds is 3. The SMILES string of the molecule is CCOC(=O)N1CCNC(CN2CCOC[C@H]2C)C1. The van der Waals surface area contributed by atoms with E-state index in [2.05, 4.69) is 17.1 Å². The fraction of sp³-hybridized carbons (Fsp3) is 0.923. The topological polar surface area (TPSA) is 54.0 Å². The molecule has 19 heavy (non-hydrogen) atoms. The normalized spacial score (nSPS) is 29.3. The van der Waals surface area contributed by atoms with Crippen molar-refractivity contribution in [2.45, 2.75) is 25.9 Å². The monoisotopic (exact) mass is 271 g/mol. The molecule has 2 saturated heterocycles. The Bertz CT molecular complexity index is 301. The van der Waals surface area contributed by atoms with Crippen molar-refractivity contribution < 1.29 is 14.3 Å². The summed E-state index contributed by atoms with van der Waals surface area (Å²) in [6, 6.07) is 0.771. The number of nitrogens with zero attached hydrogens (tertiary/aromatic N) is 2. The van der Waals surface area contributed by atoms with Gasteiger partial charge in [0.2, 0.25) is 0 Å². The zero-order valence-corrected chi connectivity index (χ0v) is 11.9. The molecule has 0 spiro atoms. The Labute approximate surface area is 115 Å². The van der Waals surface area contributed by atoms with Crippen LogP contribution in [0, 0.1) is 0 Å². The maximum atomic E-state index is 11.7. The van der Waals surface area contributed by atoms with Crippen molar-refractivity contribution in [3.8, 4) is 0 Å². The summed E-state index contributed by atoms with van der Waals surface area (Å²) in [6.45, 7) is 10.3. The van der Waals surface area contributed by atoms with Gasteiger partial charge in [-0.25, -0.2) is 4.79 Å². The molecule has 6 heteroatoms. The third kappa shape index (κ3) is 4.06. The minimum atomic E-state index is -0.191. The first-order valence-electron chi connectivity index (χ1n) is 7.17. The molecule has 1 unspecified atom stereocenters. The maximum absolute atomic E-state index is 11.7. The predicted octanol–water partition coefficient (Wildman–Crippen LogP) is 0.137. The molecule has 0 saturated carbocycles. The number of hydrogen-bond donors (Lipinski definition) is 1. The van der Waals surface area contributed by atoms with Crippen LogP contribution in [0.5, 0.6) is 0 Å². The Hall–Kier alpha value is -0.850. The number of hydrogen-bond acceptors (Lipinski definition) is 5. The highest BCUT2D eigenvalue weighted by Gasteiger charge is 2.27. The van der Waals surface area contributed by atoms with E-state index in [9.17, 15) is 4.79 Å². The second kappa shape index (κ2) is 7.07. The van der Waals surface area contributed by atoms with Crippen molar-refractivity contribution in [1.82, 2.24) is 15.1 Å². The van der Waals surface area contributed by atoms with Gasteiger partial charge in [0, 0.05) is 44.8 Å². The molecule has 1 amide bonds. The lowest BCUT2D eigenvalue weighted by molar-refractivity contribution is -0.00792. The van der Waals surface area contributed by atoms with Gasteiger partial charge in [-0.05, 0) is 13.8 Å². The molecule has 0 radical (unpaired) electrons. The van der Waals surface area contributed by atoms with Crippen molar-refractivity contribution in [3.63, 3.8) is 0 Å². The number of ether oxygens (including phenoxy) is 2. The largest absolute Gasteiger partial charge is 0.450 e. The molecule has 0 aromatic carbocycles. The summed E-state index contributed by atoms with van der Waals surface area (Å²) < 4.78 is 10.5. The van der Waals surface area contributed by atoms with E-state index in [1.807, 2.05) is 6.92 Å². The molecular weight excluding hydrogens is 246 g/mol. The Balaban J connectivity index is 1.81. The molecular formula is C13H25N3O3. The number of nitrogens with one attached hydrogen (secondary N) is 1. The molecule has 1 N–H and O–H groups in total. The average molecular weight is 271 g/mol. The molecule has 2 fully saturated rings. The van der Waals surface area contributed by atoms with Crippen molar-refractivity contribution in [3.05, 3.63) is 0 Å². The molecule has 0 aliphatic carbocycles. The molecule has 2 aliphatic rings.